The molecule has 12 rings (SSSR count). The highest BCUT2D eigenvalue weighted by molar-refractivity contribution is 5.98. The average Bonchev–Trinajstić information content (AvgIpc) is 3.81. The summed E-state index contributed by atoms with van der Waals surface area (Å²) in [5.74, 6) is -2.98. The van der Waals surface area contributed by atoms with E-state index in [9.17, 15) is 24.0 Å². The standard InChI is InChI=1S/C44H58O10/c1-20-29(31-12-30(20)35-33(31)19-51-40(35)49)10-26(38(47)53-42(3,4)43-13-22-5-23(14-43)7-24(6-22)15-43)11-32(34-21(2)37(46)52-41(34)50)39(48)54-44-16-25-8-27(17-44)36(45)28(9-25)18-44/h20-35H,5-19H2,1-4H3. The first-order valence-electron chi connectivity index (χ1n) is 21.5. The van der Waals surface area contributed by atoms with E-state index in [-0.39, 0.29) is 76.9 Å². The summed E-state index contributed by atoms with van der Waals surface area (Å²) in [6, 6.07) is 0. The van der Waals surface area contributed by atoms with Crippen LogP contribution in [0.3, 0.4) is 0 Å². The first-order chi connectivity index (χ1) is 25.6. The molecule has 0 aromatic rings. The van der Waals surface area contributed by atoms with Gasteiger partial charge in [0.15, 0.2) is 0 Å². The number of fused-ring (bicyclic) bond motifs is 5. The molecule has 12 unspecified atom stereocenters. The van der Waals surface area contributed by atoms with E-state index in [1.807, 2.05) is 0 Å². The van der Waals surface area contributed by atoms with Crippen LogP contribution in [-0.2, 0) is 47.7 Å². The molecular weight excluding hydrogens is 688 g/mol. The molecule has 10 saturated carbocycles. The minimum atomic E-state index is -1.08. The second-order valence-corrected chi connectivity index (χ2v) is 21.2. The normalized spacial score (nSPS) is 48.9. The molecule has 294 valence electrons. The Balaban J connectivity index is 0.966. The van der Waals surface area contributed by atoms with Crippen LogP contribution in [0, 0.1) is 100 Å². The van der Waals surface area contributed by atoms with Gasteiger partial charge in [0.25, 0.3) is 0 Å². The summed E-state index contributed by atoms with van der Waals surface area (Å²) in [6.45, 7) is 8.42. The van der Waals surface area contributed by atoms with Crippen LogP contribution in [0.5, 0.6) is 0 Å². The van der Waals surface area contributed by atoms with Crippen molar-refractivity contribution >= 4 is 35.6 Å². The Morgan fingerprint density at radius 3 is 2.00 bits per heavy atom. The van der Waals surface area contributed by atoms with Crippen LogP contribution in [0.4, 0.5) is 0 Å². The summed E-state index contributed by atoms with van der Waals surface area (Å²) in [4.78, 5) is 81.9. The summed E-state index contributed by atoms with van der Waals surface area (Å²) >= 11 is 0. The number of hydrogen-bond acceptors (Lipinski definition) is 10. The second kappa shape index (κ2) is 12.1. The van der Waals surface area contributed by atoms with Crippen molar-refractivity contribution in [2.75, 3.05) is 6.61 Å². The van der Waals surface area contributed by atoms with Crippen LogP contribution in [0.1, 0.15) is 118 Å². The van der Waals surface area contributed by atoms with Crippen LogP contribution < -0.4 is 0 Å². The summed E-state index contributed by atoms with van der Waals surface area (Å²) in [7, 11) is 0. The van der Waals surface area contributed by atoms with Gasteiger partial charge in [-0.1, -0.05) is 13.8 Å². The van der Waals surface area contributed by atoms with Crippen LogP contribution >= 0.6 is 0 Å². The number of cyclic esters (lactones) is 3. The second-order valence-electron chi connectivity index (χ2n) is 21.2. The first-order valence-corrected chi connectivity index (χ1v) is 21.5. The zero-order chi connectivity index (χ0) is 37.6. The highest BCUT2D eigenvalue weighted by Gasteiger charge is 2.64. The molecule has 0 spiro atoms. The number of esters is 5. The van der Waals surface area contributed by atoms with Gasteiger partial charge >= 0.3 is 29.8 Å². The van der Waals surface area contributed by atoms with Crippen LogP contribution in [0.25, 0.3) is 0 Å². The molecule has 12 aliphatic rings. The van der Waals surface area contributed by atoms with Crippen molar-refractivity contribution in [3.05, 3.63) is 0 Å². The lowest BCUT2D eigenvalue weighted by atomic mass is 9.46. The number of carbonyl (C=O) groups excluding carboxylic acids is 6. The summed E-state index contributed by atoms with van der Waals surface area (Å²) in [5.41, 5.74) is -1.57. The third kappa shape index (κ3) is 5.28. The fraction of sp³-hybridized carbons (Fsp3) is 0.864. The molecule has 10 bridgehead atoms. The van der Waals surface area contributed by atoms with Crippen LogP contribution in [0.15, 0.2) is 0 Å². The van der Waals surface area contributed by atoms with Gasteiger partial charge in [-0.15, -0.1) is 0 Å². The Kier molecular flexibility index (Phi) is 7.99. The zero-order valence-electron chi connectivity index (χ0n) is 32.4. The van der Waals surface area contributed by atoms with Crippen molar-refractivity contribution in [1.29, 1.82) is 0 Å². The maximum Gasteiger partial charge on any atom is 0.318 e. The van der Waals surface area contributed by atoms with E-state index >= 15 is 4.79 Å². The van der Waals surface area contributed by atoms with Crippen molar-refractivity contribution in [3.63, 3.8) is 0 Å². The molecule has 2 aliphatic heterocycles. The summed E-state index contributed by atoms with van der Waals surface area (Å²) < 4.78 is 24.0. The molecule has 12 atom stereocenters. The van der Waals surface area contributed by atoms with Crippen LogP contribution in [-0.4, -0.2) is 53.4 Å². The lowest BCUT2D eigenvalue weighted by Gasteiger charge is -2.61. The van der Waals surface area contributed by atoms with Gasteiger partial charge in [-0.25, -0.2) is 0 Å². The average molecular weight is 747 g/mol. The molecule has 0 aromatic carbocycles. The van der Waals surface area contributed by atoms with Gasteiger partial charge in [-0.05, 0) is 151 Å². The van der Waals surface area contributed by atoms with Gasteiger partial charge in [0.1, 0.15) is 17.0 Å². The van der Waals surface area contributed by atoms with Crippen molar-refractivity contribution in [2.45, 2.75) is 129 Å². The molecule has 0 aromatic heterocycles. The predicted octanol–water partition coefficient (Wildman–Crippen LogP) is 6.26. The number of ketones is 1. The van der Waals surface area contributed by atoms with Gasteiger partial charge in [-0.2, -0.15) is 0 Å². The lowest BCUT2D eigenvalue weighted by Crippen LogP contribution is -2.58. The molecule has 2 saturated heterocycles. The van der Waals surface area contributed by atoms with Crippen molar-refractivity contribution in [1.82, 2.24) is 0 Å². The van der Waals surface area contributed by atoms with E-state index in [4.69, 9.17) is 18.9 Å². The number of ether oxygens (including phenoxy) is 4. The Labute approximate surface area is 318 Å². The molecule has 0 N–H and O–H groups in total. The van der Waals surface area contributed by atoms with Crippen molar-refractivity contribution in [2.24, 2.45) is 100 Å². The topological polar surface area (TPSA) is 139 Å². The quantitative estimate of drug-likeness (QED) is 0.143. The third-order valence-corrected chi connectivity index (χ3v) is 18.1. The molecule has 10 heteroatoms. The molecular formula is C44H58O10. The Hall–Kier alpha value is -2.78. The highest BCUT2D eigenvalue weighted by Crippen LogP contribution is 2.65. The molecule has 0 amide bonds. The first kappa shape index (κ1) is 35.6. The number of rotatable bonds is 10. The van der Waals surface area contributed by atoms with Gasteiger partial charge in [0, 0.05) is 23.2 Å². The van der Waals surface area contributed by atoms with Gasteiger partial charge in [0.2, 0.25) is 0 Å². The van der Waals surface area contributed by atoms with E-state index in [1.54, 1.807) is 6.92 Å². The van der Waals surface area contributed by atoms with Gasteiger partial charge in [-0.3, -0.25) is 28.8 Å². The smallest absolute Gasteiger partial charge is 0.318 e. The Bertz CT molecular complexity index is 1620. The minimum absolute atomic E-state index is 0.0153. The fourth-order valence-electron chi connectivity index (χ4n) is 16.0. The number of carbonyl (C=O) groups is 6. The monoisotopic (exact) mass is 746 g/mol. The fourth-order valence-corrected chi connectivity index (χ4v) is 16.0. The molecule has 10 nitrogen and oxygen atoms in total. The van der Waals surface area contributed by atoms with Crippen molar-refractivity contribution in [3.8, 4) is 0 Å². The molecule has 12 fully saturated rings. The molecule has 10 aliphatic carbocycles. The maximum atomic E-state index is 15.0. The van der Waals surface area contributed by atoms with E-state index in [0.29, 0.717) is 56.0 Å². The molecule has 2 heterocycles. The molecule has 0 radical (unpaired) electrons. The lowest BCUT2D eigenvalue weighted by molar-refractivity contribution is -0.205. The minimum Gasteiger partial charge on any atom is -0.465 e. The maximum absolute atomic E-state index is 15.0. The number of hydrogen-bond donors (Lipinski definition) is 0. The number of Topliss-reactive ketones (excluding diaryl/α,β-unsaturated/α-hetero) is 1. The van der Waals surface area contributed by atoms with Crippen LogP contribution in [0.2, 0.25) is 0 Å². The van der Waals surface area contributed by atoms with E-state index in [0.717, 1.165) is 38.5 Å². The third-order valence-electron chi connectivity index (χ3n) is 18.1. The molecule has 54 heavy (non-hydrogen) atoms. The highest BCUT2D eigenvalue weighted by atomic mass is 16.6. The van der Waals surface area contributed by atoms with E-state index < -0.39 is 52.8 Å². The summed E-state index contributed by atoms with van der Waals surface area (Å²) in [6.07, 6.45) is 11.8. The van der Waals surface area contributed by atoms with E-state index in [1.165, 1.54) is 19.3 Å². The Morgan fingerprint density at radius 2 is 1.39 bits per heavy atom. The Morgan fingerprint density at radius 1 is 0.759 bits per heavy atom. The largest absolute Gasteiger partial charge is 0.465 e. The summed E-state index contributed by atoms with van der Waals surface area (Å²) in [5, 5.41) is 0. The van der Waals surface area contributed by atoms with E-state index in [2.05, 4.69) is 20.8 Å². The predicted molar refractivity (Wildman–Crippen MR) is 190 cm³/mol. The SMILES string of the molecule is CC1C(=O)OC(=O)C1C(CC(CC1C(C)C2CC1C1COC(=O)C21)C(=O)OC(C)(C)C12CC3CC(CC(C3)C1)C2)C(=O)OC12CC3CC(C1)C(=O)C(C3)C2. The zero-order valence-corrected chi connectivity index (χ0v) is 32.4. The van der Waals surface area contributed by atoms with Gasteiger partial charge in [0.05, 0.1) is 36.2 Å². The van der Waals surface area contributed by atoms with Crippen molar-refractivity contribution < 1.29 is 47.7 Å². The van der Waals surface area contributed by atoms with Gasteiger partial charge < -0.3 is 18.9 Å².